The number of unbranched alkanes of at least 4 members (excludes halogenated alkanes) is 1. The lowest BCUT2D eigenvalue weighted by molar-refractivity contribution is -0.150. The normalized spacial score (nSPS) is 15.3. The Morgan fingerprint density at radius 3 is 2.52 bits per heavy atom. The van der Waals surface area contributed by atoms with Crippen molar-refractivity contribution >= 4 is 23.0 Å². The minimum Gasteiger partial charge on any atom is -0.467 e. The Morgan fingerprint density at radius 1 is 1.21 bits per heavy atom. The van der Waals surface area contributed by atoms with Gasteiger partial charge in [-0.2, -0.15) is 0 Å². The molecule has 1 aliphatic carbocycles. The molecular weight excluding hydrogens is 426 g/mol. The number of nitrogens with zero attached hydrogens (tertiary/aromatic N) is 3. The third kappa shape index (κ3) is 5.20. The maximum Gasteiger partial charge on any atom is 0.331 e. The summed E-state index contributed by atoms with van der Waals surface area (Å²) in [5.41, 5.74) is -1.18. The number of rotatable bonds is 10. The van der Waals surface area contributed by atoms with E-state index >= 15 is 0 Å². The van der Waals surface area contributed by atoms with Gasteiger partial charge in [-0.15, -0.1) is 0 Å². The van der Waals surface area contributed by atoms with E-state index in [-0.39, 0.29) is 24.7 Å². The molecule has 2 aromatic rings. The minimum atomic E-state index is -0.957. The minimum absolute atomic E-state index is 0.108. The number of methoxy groups -OCH3 is 1. The van der Waals surface area contributed by atoms with E-state index in [4.69, 9.17) is 4.74 Å². The lowest BCUT2D eigenvalue weighted by Crippen LogP contribution is -2.53. The van der Waals surface area contributed by atoms with Crippen LogP contribution < -0.4 is 16.6 Å². The first-order chi connectivity index (χ1) is 15.7. The smallest absolute Gasteiger partial charge is 0.331 e. The number of fused-ring (bicyclic) bond motifs is 1. The molecular formula is C23H35N5O5. The van der Waals surface area contributed by atoms with Crippen molar-refractivity contribution in [3.8, 4) is 0 Å². The van der Waals surface area contributed by atoms with E-state index in [1.807, 2.05) is 25.3 Å². The predicted molar refractivity (Wildman–Crippen MR) is 124 cm³/mol. The molecule has 0 aliphatic heterocycles. The highest BCUT2D eigenvalue weighted by Gasteiger charge is 2.43. The summed E-state index contributed by atoms with van der Waals surface area (Å²) in [7, 11) is 1.33. The second-order valence-corrected chi connectivity index (χ2v) is 9.30. The average molecular weight is 462 g/mol. The number of aromatic nitrogens is 4. The maximum absolute atomic E-state index is 12.8. The van der Waals surface area contributed by atoms with Crippen LogP contribution >= 0.6 is 0 Å². The highest BCUT2D eigenvalue weighted by molar-refractivity contribution is 5.88. The molecule has 3 rings (SSSR count). The third-order valence-corrected chi connectivity index (χ3v) is 6.24. The fourth-order valence-electron chi connectivity index (χ4n) is 4.60. The lowest BCUT2D eigenvalue weighted by atomic mass is 9.97. The quantitative estimate of drug-likeness (QED) is 0.520. The molecule has 0 aromatic carbocycles. The van der Waals surface area contributed by atoms with Crippen LogP contribution in [0.2, 0.25) is 0 Å². The van der Waals surface area contributed by atoms with Gasteiger partial charge in [-0.05, 0) is 25.2 Å². The van der Waals surface area contributed by atoms with Crippen molar-refractivity contribution in [1.82, 2.24) is 24.4 Å². The van der Waals surface area contributed by atoms with Crippen LogP contribution in [-0.4, -0.2) is 43.6 Å². The van der Waals surface area contributed by atoms with Gasteiger partial charge in [0.1, 0.15) is 11.4 Å². The van der Waals surface area contributed by atoms with Gasteiger partial charge in [0, 0.05) is 25.9 Å². The number of aryl methyl sites for hydroxylation is 2. The van der Waals surface area contributed by atoms with E-state index in [2.05, 4.69) is 15.3 Å². The fraction of sp³-hybridized carbons (Fsp3) is 0.696. The molecule has 10 heteroatoms. The summed E-state index contributed by atoms with van der Waals surface area (Å²) in [6.07, 6.45) is 4.92. The number of carbonyl (C=O) groups excluding carboxylic acids is 2. The number of imidazole rings is 1. The first-order valence-corrected chi connectivity index (χ1v) is 11.8. The first-order valence-electron chi connectivity index (χ1n) is 11.8. The number of aromatic amines is 1. The standard InChI is InChI=1S/C23H35N5O5/c1-5-6-13-27-19-18(20(30)25-22(27)32)28(14-15(2)3)16(24-19)9-10-17(29)26-23(21(31)33-4)11-7-8-12-23/h15H,5-14H2,1-4H3,(H,26,29)(H,25,30,32). The van der Waals surface area contributed by atoms with Gasteiger partial charge in [-0.25, -0.2) is 14.6 Å². The van der Waals surface area contributed by atoms with Gasteiger partial charge >= 0.3 is 11.7 Å². The number of nitrogens with one attached hydrogen (secondary N) is 2. The molecule has 0 radical (unpaired) electrons. The van der Waals surface area contributed by atoms with Crippen molar-refractivity contribution in [3.63, 3.8) is 0 Å². The number of H-pyrrole nitrogens is 1. The van der Waals surface area contributed by atoms with E-state index in [1.54, 1.807) is 0 Å². The molecule has 1 amide bonds. The van der Waals surface area contributed by atoms with E-state index in [1.165, 1.54) is 11.7 Å². The van der Waals surface area contributed by atoms with Gasteiger partial charge in [0.05, 0.1) is 7.11 Å². The second kappa shape index (κ2) is 10.4. The number of carbonyl (C=O) groups is 2. The predicted octanol–water partition coefficient (Wildman–Crippen LogP) is 1.88. The van der Waals surface area contributed by atoms with Gasteiger partial charge in [-0.3, -0.25) is 19.1 Å². The van der Waals surface area contributed by atoms with Crippen LogP contribution in [0.4, 0.5) is 0 Å². The van der Waals surface area contributed by atoms with E-state index < -0.39 is 22.8 Å². The van der Waals surface area contributed by atoms with Gasteiger partial charge < -0.3 is 14.6 Å². The molecule has 10 nitrogen and oxygen atoms in total. The van der Waals surface area contributed by atoms with Crippen LogP contribution in [0, 0.1) is 5.92 Å². The Hall–Kier alpha value is -2.91. The Kier molecular flexibility index (Phi) is 7.76. The molecule has 0 unspecified atom stereocenters. The van der Waals surface area contributed by atoms with Crippen molar-refractivity contribution in [2.24, 2.45) is 5.92 Å². The molecule has 1 fully saturated rings. The molecule has 1 aliphatic rings. The monoisotopic (exact) mass is 461 g/mol. The number of esters is 1. The Balaban J connectivity index is 1.91. The molecule has 0 bridgehead atoms. The molecule has 33 heavy (non-hydrogen) atoms. The van der Waals surface area contributed by atoms with Crippen molar-refractivity contribution in [2.45, 2.75) is 90.8 Å². The number of ether oxygens (including phenoxy) is 1. The average Bonchev–Trinajstić information content (AvgIpc) is 3.37. The zero-order valence-corrected chi connectivity index (χ0v) is 20.0. The molecule has 2 heterocycles. The van der Waals surface area contributed by atoms with Crippen LogP contribution in [-0.2, 0) is 33.8 Å². The Labute approximate surface area is 192 Å². The topological polar surface area (TPSA) is 128 Å². The summed E-state index contributed by atoms with van der Waals surface area (Å²) < 4.78 is 8.26. The largest absolute Gasteiger partial charge is 0.467 e. The molecule has 1 saturated carbocycles. The first kappa shape index (κ1) is 24.7. The van der Waals surface area contributed by atoms with Crippen LogP contribution in [0.1, 0.15) is 71.5 Å². The van der Waals surface area contributed by atoms with Crippen LogP contribution in [0.15, 0.2) is 9.59 Å². The van der Waals surface area contributed by atoms with E-state index in [0.29, 0.717) is 42.9 Å². The number of hydrogen-bond acceptors (Lipinski definition) is 6. The maximum atomic E-state index is 12.8. The molecule has 0 atom stereocenters. The van der Waals surface area contributed by atoms with Crippen molar-refractivity contribution in [2.75, 3.05) is 7.11 Å². The summed E-state index contributed by atoms with van der Waals surface area (Å²) in [6.45, 7) is 7.09. The fourth-order valence-corrected chi connectivity index (χ4v) is 4.60. The zero-order valence-electron chi connectivity index (χ0n) is 20.0. The van der Waals surface area contributed by atoms with Crippen LogP contribution in [0.25, 0.3) is 11.2 Å². The summed E-state index contributed by atoms with van der Waals surface area (Å²) in [5.74, 6) is 0.134. The van der Waals surface area contributed by atoms with Gasteiger partial charge in [0.2, 0.25) is 5.91 Å². The highest BCUT2D eigenvalue weighted by atomic mass is 16.5. The molecule has 182 valence electrons. The highest BCUT2D eigenvalue weighted by Crippen LogP contribution is 2.31. The second-order valence-electron chi connectivity index (χ2n) is 9.30. The number of amides is 1. The van der Waals surface area contributed by atoms with Crippen LogP contribution in [0.5, 0.6) is 0 Å². The third-order valence-electron chi connectivity index (χ3n) is 6.24. The lowest BCUT2D eigenvalue weighted by Gasteiger charge is -2.27. The summed E-state index contributed by atoms with van der Waals surface area (Å²) >= 11 is 0. The zero-order chi connectivity index (χ0) is 24.2. The summed E-state index contributed by atoms with van der Waals surface area (Å²) in [5, 5.41) is 2.89. The van der Waals surface area contributed by atoms with Gasteiger partial charge in [-0.1, -0.05) is 40.0 Å². The van der Waals surface area contributed by atoms with Crippen molar-refractivity contribution in [1.29, 1.82) is 0 Å². The Morgan fingerprint density at radius 2 is 1.91 bits per heavy atom. The summed E-state index contributed by atoms with van der Waals surface area (Å²) in [6, 6.07) is 0. The van der Waals surface area contributed by atoms with Crippen LogP contribution in [0.3, 0.4) is 0 Å². The van der Waals surface area contributed by atoms with E-state index in [0.717, 1.165) is 25.7 Å². The van der Waals surface area contributed by atoms with Crippen molar-refractivity contribution < 1.29 is 14.3 Å². The van der Waals surface area contributed by atoms with Crippen molar-refractivity contribution in [3.05, 3.63) is 26.7 Å². The number of hydrogen-bond donors (Lipinski definition) is 2. The molecule has 0 spiro atoms. The molecule has 0 saturated heterocycles. The van der Waals surface area contributed by atoms with E-state index in [9.17, 15) is 19.2 Å². The molecule has 2 N–H and O–H groups in total. The SMILES string of the molecule is CCCCn1c(=O)[nH]c(=O)c2c1nc(CCC(=O)NC1(C(=O)OC)CCCC1)n2CC(C)C. The Bertz CT molecular complexity index is 1120. The van der Waals surface area contributed by atoms with Gasteiger partial charge in [0.15, 0.2) is 11.2 Å². The van der Waals surface area contributed by atoms with Gasteiger partial charge in [0.25, 0.3) is 5.56 Å². The molecule has 2 aromatic heterocycles. The summed E-state index contributed by atoms with van der Waals surface area (Å²) in [4.78, 5) is 57.3.